The summed E-state index contributed by atoms with van der Waals surface area (Å²) in [6.45, 7) is 5.59. The maximum Gasteiger partial charge on any atom is 0.237 e. The van der Waals surface area contributed by atoms with E-state index in [9.17, 15) is 10.1 Å². The second-order valence-electron chi connectivity index (χ2n) is 5.73. The number of hydrogen-bond acceptors (Lipinski definition) is 5. The molecule has 0 aliphatic carbocycles. The van der Waals surface area contributed by atoms with Crippen molar-refractivity contribution in [3.05, 3.63) is 52.8 Å². The van der Waals surface area contributed by atoms with Gasteiger partial charge in [-0.1, -0.05) is 30.0 Å². The van der Waals surface area contributed by atoms with Crippen molar-refractivity contribution in [3.63, 3.8) is 0 Å². The molecule has 0 radical (unpaired) electrons. The number of rotatable bonds is 4. The van der Waals surface area contributed by atoms with E-state index in [1.54, 1.807) is 13.8 Å². The van der Waals surface area contributed by atoms with Crippen molar-refractivity contribution in [1.29, 1.82) is 5.26 Å². The van der Waals surface area contributed by atoms with Gasteiger partial charge in [0.25, 0.3) is 0 Å². The number of fused-ring (bicyclic) bond motifs is 1. The number of hydrogen-bond donors (Lipinski definition) is 1. The van der Waals surface area contributed by atoms with Crippen LogP contribution >= 0.6 is 11.8 Å². The monoisotopic (exact) mass is 351 g/mol. The van der Waals surface area contributed by atoms with Gasteiger partial charge >= 0.3 is 0 Å². The third-order valence-electron chi connectivity index (χ3n) is 4.00. The summed E-state index contributed by atoms with van der Waals surface area (Å²) in [7, 11) is 0. The second-order valence-corrected chi connectivity index (χ2v) is 6.73. The van der Waals surface area contributed by atoms with Gasteiger partial charge in [-0.3, -0.25) is 10.1 Å². The van der Waals surface area contributed by atoms with E-state index < -0.39 is 0 Å². The molecule has 1 amide bonds. The Morgan fingerprint density at radius 3 is 2.84 bits per heavy atom. The molecule has 25 heavy (non-hydrogen) atoms. The zero-order chi connectivity index (χ0) is 18.0. The van der Waals surface area contributed by atoms with Gasteiger partial charge in [0.05, 0.1) is 16.3 Å². The van der Waals surface area contributed by atoms with Gasteiger partial charge in [0, 0.05) is 10.9 Å². The van der Waals surface area contributed by atoms with Crippen molar-refractivity contribution in [2.45, 2.75) is 25.8 Å². The van der Waals surface area contributed by atoms with E-state index in [0.29, 0.717) is 11.3 Å². The molecule has 0 aliphatic heterocycles. The van der Waals surface area contributed by atoms with Crippen LogP contribution in [0.25, 0.3) is 10.9 Å². The Balaban J connectivity index is 1.71. The number of para-hydroxylation sites is 1. The quantitative estimate of drug-likeness (QED) is 0.707. The van der Waals surface area contributed by atoms with Crippen LogP contribution in [0.3, 0.4) is 0 Å². The number of nitrogens with one attached hydrogen (secondary N) is 1. The number of amides is 1. The molecule has 6 heteroatoms. The Hall–Kier alpha value is -2.78. The fourth-order valence-electron chi connectivity index (χ4n) is 2.54. The number of aromatic nitrogens is 1. The minimum absolute atomic E-state index is 0.189. The topological polar surface area (TPSA) is 78.9 Å². The fourth-order valence-corrected chi connectivity index (χ4v) is 3.32. The van der Waals surface area contributed by atoms with Gasteiger partial charge < -0.3 is 4.42 Å². The lowest BCUT2D eigenvalue weighted by atomic mass is 10.1. The van der Waals surface area contributed by atoms with E-state index >= 15 is 0 Å². The Morgan fingerprint density at radius 1 is 1.32 bits per heavy atom. The lowest BCUT2D eigenvalue weighted by molar-refractivity contribution is -0.113. The molecule has 0 unspecified atom stereocenters. The first-order valence-corrected chi connectivity index (χ1v) is 8.77. The third kappa shape index (κ3) is 3.52. The number of nitrogens with zero attached hydrogens (tertiary/aromatic N) is 2. The predicted octanol–water partition coefficient (Wildman–Crippen LogP) is 4.36. The van der Waals surface area contributed by atoms with Gasteiger partial charge in [-0.15, -0.1) is 0 Å². The summed E-state index contributed by atoms with van der Waals surface area (Å²) in [5, 5.41) is 13.8. The highest BCUT2D eigenvalue weighted by Crippen LogP contribution is 2.27. The molecule has 2 aromatic heterocycles. The van der Waals surface area contributed by atoms with Gasteiger partial charge in [-0.25, -0.2) is 4.98 Å². The largest absolute Gasteiger partial charge is 0.444 e. The number of nitriles is 1. The average molecular weight is 351 g/mol. The number of carbonyl (C=O) groups excluding carboxylic acids is 1. The van der Waals surface area contributed by atoms with Crippen molar-refractivity contribution in [1.82, 2.24) is 4.98 Å². The molecule has 0 saturated heterocycles. The lowest BCUT2D eigenvalue weighted by Crippen LogP contribution is -2.14. The van der Waals surface area contributed by atoms with E-state index in [1.807, 2.05) is 37.3 Å². The molecule has 3 rings (SSSR count). The van der Waals surface area contributed by atoms with E-state index in [2.05, 4.69) is 16.4 Å². The van der Waals surface area contributed by atoms with Crippen molar-refractivity contribution >= 4 is 34.5 Å². The zero-order valence-corrected chi connectivity index (χ0v) is 15.0. The summed E-state index contributed by atoms with van der Waals surface area (Å²) in [5.74, 6) is 0.800. The highest BCUT2D eigenvalue weighted by Gasteiger charge is 2.16. The van der Waals surface area contributed by atoms with Gasteiger partial charge in [-0.2, -0.15) is 5.26 Å². The predicted molar refractivity (Wildman–Crippen MR) is 98.7 cm³/mol. The molecular formula is C19H17N3O2S. The third-order valence-corrected chi connectivity index (χ3v) is 4.91. The van der Waals surface area contributed by atoms with Gasteiger partial charge in [0.15, 0.2) is 0 Å². The molecule has 0 saturated carbocycles. The van der Waals surface area contributed by atoms with Crippen LogP contribution in [0, 0.1) is 32.1 Å². The summed E-state index contributed by atoms with van der Waals surface area (Å²) in [6, 6.07) is 12.0. The van der Waals surface area contributed by atoms with Crippen molar-refractivity contribution in [2.75, 3.05) is 11.1 Å². The number of aryl methyl sites for hydroxylation is 2. The van der Waals surface area contributed by atoms with Crippen LogP contribution in [0.15, 0.2) is 39.8 Å². The minimum atomic E-state index is -0.233. The molecular weight excluding hydrogens is 334 g/mol. The average Bonchev–Trinajstić information content (AvgIpc) is 2.86. The summed E-state index contributed by atoms with van der Waals surface area (Å²) < 4.78 is 5.46. The summed E-state index contributed by atoms with van der Waals surface area (Å²) in [6.07, 6.45) is 0. The number of furan rings is 1. The van der Waals surface area contributed by atoms with Crippen LogP contribution in [0.1, 0.15) is 22.5 Å². The normalized spacial score (nSPS) is 10.6. The maximum atomic E-state index is 12.2. The summed E-state index contributed by atoms with van der Waals surface area (Å²) >= 11 is 1.35. The highest BCUT2D eigenvalue weighted by molar-refractivity contribution is 7.99. The Labute approximate surface area is 150 Å². The molecule has 0 atom stereocenters. The van der Waals surface area contributed by atoms with Crippen LogP contribution < -0.4 is 5.32 Å². The number of carbonyl (C=O) groups is 1. The zero-order valence-electron chi connectivity index (χ0n) is 14.2. The SMILES string of the molecule is Cc1oc(NC(=O)CSc2cc(C)c3ccccc3n2)c(C#N)c1C. The van der Waals surface area contributed by atoms with E-state index in [0.717, 1.165) is 27.1 Å². The fraction of sp³-hybridized carbons (Fsp3) is 0.211. The molecule has 0 fully saturated rings. The first-order valence-electron chi connectivity index (χ1n) is 7.78. The molecule has 5 nitrogen and oxygen atoms in total. The standard InChI is InChI=1S/C19H17N3O2S/c1-11-8-18(21-16-7-5-4-6-14(11)16)25-10-17(23)22-19-15(9-20)12(2)13(3)24-19/h4-8H,10H2,1-3H3,(H,22,23). The number of benzene rings is 1. The summed E-state index contributed by atoms with van der Waals surface area (Å²) in [4.78, 5) is 16.8. The van der Waals surface area contributed by atoms with E-state index in [4.69, 9.17) is 4.42 Å². The number of pyridine rings is 1. The minimum Gasteiger partial charge on any atom is -0.444 e. The van der Waals surface area contributed by atoms with Gasteiger partial charge in [0.2, 0.25) is 11.8 Å². The Bertz CT molecular complexity index is 1000. The molecule has 126 valence electrons. The Morgan fingerprint density at radius 2 is 2.08 bits per heavy atom. The van der Waals surface area contributed by atoms with Crippen LogP contribution in [0.4, 0.5) is 5.88 Å². The van der Waals surface area contributed by atoms with E-state index in [1.165, 1.54) is 11.8 Å². The molecule has 0 bridgehead atoms. The smallest absolute Gasteiger partial charge is 0.237 e. The molecule has 1 N–H and O–H groups in total. The molecule has 0 aliphatic rings. The van der Waals surface area contributed by atoms with Crippen LogP contribution in [-0.2, 0) is 4.79 Å². The number of thioether (sulfide) groups is 1. The van der Waals surface area contributed by atoms with E-state index in [-0.39, 0.29) is 17.5 Å². The maximum absolute atomic E-state index is 12.2. The van der Waals surface area contributed by atoms with Crippen molar-refractivity contribution in [3.8, 4) is 6.07 Å². The van der Waals surface area contributed by atoms with Gasteiger partial charge in [-0.05, 0) is 38.5 Å². The van der Waals surface area contributed by atoms with Crippen LogP contribution in [0.5, 0.6) is 0 Å². The van der Waals surface area contributed by atoms with Crippen LogP contribution in [-0.4, -0.2) is 16.6 Å². The molecule has 1 aromatic carbocycles. The first-order chi connectivity index (χ1) is 12.0. The van der Waals surface area contributed by atoms with Crippen molar-refractivity contribution < 1.29 is 9.21 Å². The second kappa shape index (κ2) is 6.99. The highest BCUT2D eigenvalue weighted by atomic mass is 32.2. The molecule has 2 heterocycles. The first kappa shape index (κ1) is 17.1. The summed E-state index contributed by atoms with van der Waals surface area (Å²) in [5.41, 5.74) is 3.15. The van der Waals surface area contributed by atoms with Crippen molar-refractivity contribution in [2.24, 2.45) is 0 Å². The number of anilines is 1. The lowest BCUT2D eigenvalue weighted by Gasteiger charge is -2.06. The van der Waals surface area contributed by atoms with Gasteiger partial charge in [0.1, 0.15) is 17.4 Å². The Kier molecular flexibility index (Phi) is 4.77. The molecule has 0 spiro atoms. The van der Waals surface area contributed by atoms with Crippen LogP contribution in [0.2, 0.25) is 0 Å². The molecule has 3 aromatic rings.